The molecule has 4 nitrogen and oxygen atoms in total. The van der Waals surface area contributed by atoms with Crippen molar-refractivity contribution in [3.63, 3.8) is 0 Å². The highest BCUT2D eigenvalue weighted by atomic mass is 35.5. The van der Waals surface area contributed by atoms with Crippen molar-refractivity contribution in [2.24, 2.45) is 11.7 Å². The molecule has 2 atom stereocenters. The van der Waals surface area contributed by atoms with Gasteiger partial charge in [-0.3, -0.25) is 0 Å². The Morgan fingerprint density at radius 2 is 2.16 bits per heavy atom. The number of hydrogen-bond acceptors (Lipinski definition) is 3. The predicted octanol–water partition coefficient (Wildman–Crippen LogP) is 2.05. The number of nitrogens with two attached hydrogens (primary N) is 1. The fourth-order valence-electron chi connectivity index (χ4n) is 2.60. The van der Waals surface area contributed by atoms with E-state index in [-0.39, 0.29) is 16.9 Å². The van der Waals surface area contributed by atoms with Gasteiger partial charge in [-0.15, -0.1) is 0 Å². The standard InChI is InChI=1S/C13H19ClN2O2S/c1-9-5-6-11(14)7-13(9)19(17,18)16-12-4-2-3-10(12)8-15/h5-7,10,12,16H,2-4,8,15H2,1H3. The summed E-state index contributed by atoms with van der Waals surface area (Å²) in [4.78, 5) is 0.252. The number of halogens is 1. The lowest BCUT2D eigenvalue weighted by Gasteiger charge is -2.20. The summed E-state index contributed by atoms with van der Waals surface area (Å²) >= 11 is 5.88. The van der Waals surface area contributed by atoms with Crippen molar-refractivity contribution >= 4 is 21.6 Å². The van der Waals surface area contributed by atoms with Gasteiger partial charge in [-0.05, 0) is 49.9 Å². The Morgan fingerprint density at radius 3 is 2.84 bits per heavy atom. The molecule has 1 aromatic rings. The quantitative estimate of drug-likeness (QED) is 0.894. The molecular weight excluding hydrogens is 284 g/mol. The first-order valence-corrected chi connectivity index (χ1v) is 8.28. The molecule has 2 rings (SSSR count). The molecule has 1 fully saturated rings. The summed E-state index contributed by atoms with van der Waals surface area (Å²) < 4.78 is 27.6. The van der Waals surface area contributed by atoms with Crippen LogP contribution < -0.4 is 10.5 Å². The van der Waals surface area contributed by atoms with Gasteiger partial charge >= 0.3 is 0 Å². The molecule has 0 spiro atoms. The highest BCUT2D eigenvalue weighted by Crippen LogP contribution is 2.27. The number of aryl methyl sites for hydroxylation is 1. The monoisotopic (exact) mass is 302 g/mol. The maximum absolute atomic E-state index is 12.4. The van der Waals surface area contributed by atoms with E-state index in [0.29, 0.717) is 17.1 Å². The molecule has 0 bridgehead atoms. The van der Waals surface area contributed by atoms with Crippen LogP contribution in [0.15, 0.2) is 23.1 Å². The highest BCUT2D eigenvalue weighted by molar-refractivity contribution is 7.89. The Balaban J connectivity index is 2.25. The molecule has 0 amide bonds. The minimum absolute atomic E-state index is 0.0617. The molecule has 0 heterocycles. The molecule has 1 aliphatic carbocycles. The van der Waals surface area contributed by atoms with Crippen LogP contribution in [0.5, 0.6) is 0 Å². The Labute approximate surface area is 119 Å². The number of hydrogen-bond donors (Lipinski definition) is 2. The Kier molecular flexibility index (Phi) is 4.50. The highest BCUT2D eigenvalue weighted by Gasteiger charge is 2.30. The Bertz CT molecular complexity index is 560. The fraction of sp³-hybridized carbons (Fsp3) is 0.538. The topological polar surface area (TPSA) is 72.2 Å². The zero-order valence-corrected chi connectivity index (χ0v) is 12.5. The van der Waals surface area contributed by atoms with Gasteiger partial charge in [0.05, 0.1) is 4.90 Å². The third kappa shape index (κ3) is 3.28. The first-order valence-electron chi connectivity index (χ1n) is 6.42. The van der Waals surface area contributed by atoms with Crippen LogP contribution in [0.25, 0.3) is 0 Å². The fourth-order valence-corrected chi connectivity index (χ4v) is 4.45. The molecule has 0 radical (unpaired) electrons. The molecule has 0 aliphatic heterocycles. The molecular formula is C13H19ClN2O2S. The first kappa shape index (κ1) is 14.8. The summed E-state index contributed by atoms with van der Waals surface area (Å²) in [6, 6.07) is 4.83. The van der Waals surface area contributed by atoms with Crippen molar-refractivity contribution in [2.45, 2.75) is 37.1 Å². The second-order valence-corrected chi connectivity index (χ2v) is 7.18. The molecule has 2 unspecified atom stereocenters. The van der Waals surface area contributed by atoms with Gasteiger partial charge in [0, 0.05) is 11.1 Å². The Morgan fingerprint density at radius 1 is 1.42 bits per heavy atom. The average Bonchev–Trinajstić information content (AvgIpc) is 2.78. The molecule has 1 aromatic carbocycles. The molecule has 0 saturated heterocycles. The van der Waals surface area contributed by atoms with Gasteiger partial charge in [0.25, 0.3) is 0 Å². The van der Waals surface area contributed by atoms with Crippen LogP contribution >= 0.6 is 11.6 Å². The minimum Gasteiger partial charge on any atom is -0.330 e. The predicted molar refractivity (Wildman–Crippen MR) is 76.7 cm³/mol. The lowest BCUT2D eigenvalue weighted by Crippen LogP contribution is -2.40. The van der Waals surface area contributed by atoms with Crippen LogP contribution in [0.4, 0.5) is 0 Å². The van der Waals surface area contributed by atoms with Crippen LogP contribution in [0.3, 0.4) is 0 Å². The van der Waals surface area contributed by atoms with Crippen LogP contribution in [0.2, 0.25) is 5.02 Å². The molecule has 0 aromatic heterocycles. The van der Waals surface area contributed by atoms with E-state index in [2.05, 4.69) is 4.72 Å². The summed E-state index contributed by atoms with van der Waals surface area (Å²) in [5.74, 6) is 0.231. The zero-order valence-electron chi connectivity index (χ0n) is 10.9. The van der Waals surface area contributed by atoms with Crippen molar-refractivity contribution in [3.8, 4) is 0 Å². The average molecular weight is 303 g/mol. The largest absolute Gasteiger partial charge is 0.330 e. The lowest BCUT2D eigenvalue weighted by atomic mass is 10.1. The van der Waals surface area contributed by atoms with Crippen LogP contribution in [-0.4, -0.2) is 21.0 Å². The van der Waals surface area contributed by atoms with Crippen molar-refractivity contribution < 1.29 is 8.42 Å². The maximum atomic E-state index is 12.4. The summed E-state index contributed by atoms with van der Waals surface area (Å²) in [6.07, 6.45) is 2.85. The van der Waals surface area contributed by atoms with Gasteiger partial charge in [-0.2, -0.15) is 0 Å². The van der Waals surface area contributed by atoms with Crippen LogP contribution in [0.1, 0.15) is 24.8 Å². The SMILES string of the molecule is Cc1ccc(Cl)cc1S(=O)(=O)NC1CCCC1CN. The molecule has 3 N–H and O–H groups in total. The number of benzene rings is 1. The molecule has 6 heteroatoms. The second kappa shape index (κ2) is 5.79. The first-order chi connectivity index (χ1) is 8.94. The van der Waals surface area contributed by atoms with E-state index in [1.807, 2.05) is 0 Å². The number of sulfonamides is 1. The number of nitrogens with one attached hydrogen (secondary N) is 1. The van der Waals surface area contributed by atoms with Crippen molar-refractivity contribution in [3.05, 3.63) is 28.8 Å². The van der Waals surface area contributed by atoms with E-state index in [1.54, 1.807) is 19.1 Å². The van der Waals surface area contributed by atoms with E-state index >= 15 is 0 Å². The van der Waals surface area contributed by atoms with Crippen LogP contribution in [-0.2, 0) is 10.0 Å². The zero-order chi connectivity index (χ0) is 14.0. The van der Waals surface area contributed by atoms with E-state index in [9.17, 15) is 8.42 Å². The van der Waals surface area contributed by atoms with Crippen LogP contribution in [0, 0.1) is 12.8 Å². The van der Waals surface area contributed by atoms with Gasteiger partial charge in [-0.1, -0.05) is 24.1 Å². The summed E-state index contributed by atoms with van der Waals surface area (Å²) in [5.41, 5.74) is 6.37. The third-order valence-corrected chi connectivity index (χ3v) is 5.58. The van der Waals surface area contributed by atoms with E-state index < -0.39 is 10.0 Å². The molecule has 19 heavy (non-hydrogen) atoms. The smallest absolute Gasteiger partial charge is 0.241 e. The molecule has 1 aliphatic rings. The third-order valence-electron chi connectivity index (χ3n) is 3.71. The van der Waals surface area contributed by atoms with Gasteiger partial charge in [0.15, 0.2) is 0 Å². The van der Waals surface area contributed by atoms with E-state index in [0.717, 1.165) is 19.3 Å². The van der Waals surface area contributed by atoms with Gasteiger partial charge in [-0.25, -0.2) is 13.1 Å². The Hall–Kier alpha value is -0.620. The summed E-state index contributed by atoms with van der Waals surface area (Å²) in [6.45, 7) is 2.28. The van der Waals surface area contributed by atoms with Gasteiger partial charge < -0.3 is 5.73 Å². The second-order valence-electron chi connectivity index (χ2n) is 5.06. The maximum Gasteiger partial charge on any atom is 0.241 e. The van der Waals surface area contributed by atoms with Gasteiger partial charge in [0.2, 0.25) is 10.0 Å². The van der Waals surface area contributed by atoms with Crippen molar-refractivity contribution in [1.29, 1.82) is 0 Å². The summed E-state index contributed by atoms with van der Waals surface area (Å²) in [7, 11) is -3.53. The number of rotatable bonds is 4. The molecule has 106 valence electrons. The summed E-state index contributed by atoms with van der Waals surface area (Å²) in [5, 5.41) is 0.424. The van der Waals surface area contributed by atoms with Crippen molar-refractivity contribution in [1.82, 2.24) is 4.72 Å². The normalized spacial score (nSPS) is 23.7. The lowest BCUT2D eigenvalue weighted by molar-refractivity contribution is 0.452. The van der Waals surface area contributed by atoms with Gasteiger partial charge in [0.1, 0.15) is 0 Å². The minimum atomic E-state index is -3.53. The van der Waals surface area contributed by atoms with E-state index in [1.165, 1.54) is 6.07 Å². The van der Waals surface area contributed by atoms with E-state index in [4.69, 9.17) is 17.3 Å². The molecule has 1 saturated carbocycles. The van der Waals surface area contributed by atoms with Crippen molar-refractivity contribution in [2.75, 3.05) is 6.54 Å².